The second-order valence-corrected chi connectivity index (χ2v) is 3.80. The van der Waals surface area contributed by atoms with Gasteiger partial charge in [-0.25, -0.2) is 8.78 Å². The van der Waals surface area contributed by atoms with Gasteiger partial charge < -0.3 is 10.6 Å². The summed E-state index contributed by atoms with van der Waals surface area (Å²) in [6.07, 6.45) is 2.14. The molecule has 0 heterocycles. The van der Waals surface area contributed by atoms with Crippen LogP contribution >= 0.6 is 0 Å². The topological polar surface area (TPSA) is 41.1 Å². The van der Waals surface area contributed by atoms with Crippen molar-refractivity contribution >= 4 is 11.6 Å². The molecule has 0 atom stereocenters. The third-order valence-corrected chi connectivity index (χ3v) is 2.35. The quantitative estimate of drug-likeness (QED) is 0.819. The molecular weight excluding hydrogens is 214 g/mol. The summed E-state index contributed by atoms with van der Waals surface area (Å²) >= 11 is 0. The SMILES string of the molecule is O=C(CNC1CC1)Nc1cccc(F)c1F. The Morgan fingerprint density at radius 3 is 2.81 bits per heavy atom. The molecule has 3 nitrogen and oxygen atoms in total. The van der Waals surface area contributed by atoms with Crippen molar-refractivity contribution in [3.8, 4) is 0 Å². The highest BCUT2D eigenvalue weighted by Crippen LogP contribution is 2.18. The van der Waals surface area contributed by atoms with Gasteiger partial charge in [0.2, 0.25) is 5.91 Å². The molecule has 1 aromatic rings. The molecule has 1 aromatic carbocycles. The average Bonchev–Trinajstić information content (AvgIpc) is 3.06. The molecule has 1 fully saturated rings. The van der Waals surface area contributed by atoms with Crippen LogP contribution in [0.3, 0.4) is 0 Å². The fraction of sp³-hybridized carbons (Fsp3) is 0.364. The minimum absolute atomic E-state index is 0.123. The minimum atomic E-state index is -1.03. The van der Waals surface area contributed by atoms with Gasteiger partial charge >= 0.3 is 0 Å². The number of carbonyl (C=O) groups excluding carboxylic acids is 1. The van der Waals surface area contributed by atoms with Gasteiger partial charge in [-0.05, 0) is 25.0 Å². The minimum Gasteiger partial charge on any atom is -0.322 e. The third kappa shape index (κ3) is 2.76. The van der Waals surface area contributed by atoms with Crippen LogP contribution in [0.2, 0.25) is 0 Å². The summed E-state index contributed by atoms with van der Waals surface area (Å²) in [5, 5.41) is 5.30. The lowest BCUT2D eigenvalue weighted by atomic mass is 10.3. The van der Waals surface area contributed by atoms with Crippen molar-refractivity contribution < 1.29 is 13.6 Å². The molecule has 16 heavy (non-hydrogen) atoms. The predicted octanol–water partition coefficient (Wildman–Crippen LogP) is 1.66. The maximum Gasteiger partial charge on any atom is 0.238 e. The summed E-state index contributed by atoms with van der Waals surface area (Å²) in [7, 11) is 0. The van der Waals surface area contributed by atoms with Crippen LogP contribution in [0.15, 0.2) is 18.2 Å². The highest BCUT2D eigenvalue weighted by atomic mass is 19.2. The largest absolute Gasteiger partial charge is 0.322 e. The Labute approximate surface area is 91.8 Å². The zero-order valence-electron chi connectivity index (χ0n) is 8.59. The summed E-state index contributed by atoms with van der Waals surface area (Å²) in [6.45, 7) is 0.126. The van der Waals surface area contributed by atoms with Gasteiger partial charge in [0.25, 0.3) is 0 Å². The lowest BCUT2D eigenvalue weighted by molar-refractivity contribution is -0.115. The van der Waals surface area contributed by atoms with E-state index in [4.69, 9.17) is 0 Å². The van der Waals surface area contributed by atoms with Crippen LogP contribution < -0.4 is 10.6 Å². The zero-order valence-corrected chi connectivity index (χ0v) is 8.59. The van der Waals surface area contributed by atoms with Crippen molar-refractivity contribution in [2.24, 2.45) is 0 Å². The number of halogens is 2. The number of amides is 1. The van der Waals surface area contributed by atoms with E-state index >= 15 is 0 Å². The first-order chi connectivity index (χ1) is 7.66. The molecule has 0 spiro atoms. The molecule has 2 N–H and O–H groups in total. The first-order valence-electron chi connectivity index (χ1n) is 5.14. The summed E-state index contributed by atoms with van der Waals surface area (Å²) in [4.78, 5) is 11.3. The third-order valence-electron chi connectivity index (χ3n) is 2.35. The maximum atomic E-state index is 13.2. The van der Waals surface area contributed by atoms with Crippen LogP contribution in [-0.2, 0) is 4.79 Å². The molecule has 0 bridgehead atoms. The summed E-state index contributed by atoms with van der Waals surface area (Å²) in [5.74, 6) is -2.35. The van der Waals surface area contributed by atoms with Gasteiger partial charge in [0.1, 0.15) is 0 Å². The molecule has 1 aliphatic rings. The van der Waals surface area contributed by atoms with E-state index in [9.17, 15) is 13.6 Å². The molecule has 0 saturated heterocycles. The van der Waals surface area contributed by atoms with Crippen LogP contribution in [0.1, 0.15) is 12.8 Å². The van der Waals surface area contributed by atoms with E-state index in [1.807, 2.05) is 0 Å². The smallest absolute Gasteiger partial charge is 0.238 e. The number of carbonyl (C=O) groups is 1. The molecule has 86 valence electrons. The second kappa shape index (κ2) is 4.57. The molecule has 1 aliphatic carbocycles. The zero-order chi connectivity index (χ0) is 11.5. The second-order valence-electron chi connectivity index (χ2n) is 3.80. The number of anilines is 1. The van der Waals surface area contributed by atoms with Crippen LogP contribution in [0.4, 0.5) is 14.5 Å². The van der Waals surface area contributed by atoms with E-state index in [0.717, 1.165) is 18.9 Å². The van der Waals surface area contributed by atoms with Crippen molar-refractivity contribution in [1.82, 2.24) is 5.32 Å². The number of rotatable bonds is 4. The highest BCUT2D eigenvalue weighted by Gasteiger charge is 2.21. The Bertz CT molecular complexity index is 405. The summed E-state index contributed by atoms with van der Waals surface area (Å²) in [5.41, 5.74) is -0.123. The summed E-state index contributed by atoms with van der Waals surface area (Å²) < 4.78 is 26.0. The van der Waals surface area contributed by atoms with Crippen LogP contribution in [0, 0.1) is 11.6 Å². The fourth-order valence-electron chi connectivity index (χ4n) is 1.32. The first kappa shape index (κ1) is 11.0. The molecule has 2 rings (SSSR count). The van der Waals surface area contributed by atoms with Crippen molar-refractivity contribution in [2.45, 2.75) is 18.9 Å². The highest BCUT2D eigenvalue weighted by molar-refractivity contribution is 5.92. The molecular formula is C11H12F2N2O. The lowest BCUT2D eigenvalue weighted by Gasteiger charge is -2.07. The normalized spacial score (nSPS) is 14.9. The monoisotopic (exact) mass is 226 g/mol. The summed E-state index contributed by atoms with van der Waals surface area (Å²) in [6, 6.07) is 4.09. The Balaban J connectivity index is 1.91. The molecule has 0 aromatic heterocycles. The van der Waals surface area contributed by atoms with E-state index in [-0.39, 0.29) is 18.1 Å². The Morgan fingerprint density at radius 2 is 2.12 bits per heavy atom. The van der Waals surface area contributed by atoms with Gasteiger partial charge in [-0.2, -0.15) is 0 Å². The van der Waals surface area contributed by atoms with Crippen LogP contribution in [0.5, 0.6) is 0 Å². The van der Waals surface area contributed by atoms with Crippen molar-refractivity contribution in [1.29, 1.82) is 0 Å². The van der Waals surface area contributed by atoms with Crippen LogP contribution in [-0.4, -0.2) is 18.5 Å². The maximum absolute atomic E-state index is 13.2. The van der Waals surface area contributed by atoms with Crippen molar-refractivity contribution in [2.75, 3.05) is 11.9 Å². The van der Waals surface area contributed by atoms with E-state index in [1.54, 1.807) is 0 Å². The van der Waals surface area contributed by atoms with Gasteiger partial charge in [-0.1, -0.05) is 6.07 Å². The van der Waals surface area contributed by atoms with Gasteiger partial charge in [0.05, 0.1) is 12.2 Å². The van der Waals surface area contributed by atoms with E-state index in [2.05, 4.69) is 10.6 Å². The lowest BCUT2D eigenvalue weighted by Crippen LogP contribution is -2.29. The first-order valence-corrected chi connectivity index (χ1v) is 5.14. The van der Waals surface area contributed by atoms with E-state index < -0.39 is 11.6 Å². The number of nitrogens with one attached hydrogen (secondary N) is 2. The van der Waals surface area contributed by atoms with E-state index in [1.165, 1.54) is 12.1 Å². The Kier molecular flexibility index (Phi) is 3.14. The molecule has 1 amide bonds. The molecule has 0 radical (unpaired) electrons. The molecule has 0 unspecified atom stereocenters. The molecule has 0 aliphatic heterocycles. The number of hydrogen-bond acceptors (Lipinski definition) is 2. The number of hydrogen-bond donors (Lipinski definition) is 2. The van der Waals surface area contributed by atoms with Gasteiger partial charge in [-0.3, -0.25) is 4.79 Å². The Hall–Kier alpha value is -1.49. The van der Waals surface area contributed by atoms with E-state index in [0.29, 0.717) is 6.04 Å². The van der Waals surface area contributed by atoms with Crippen molar-refractivity contribution in [3.05, 3.63) is 29.8 Å². The molecule has 1 saturated carbocycles. The van der Waals surface area contributed by atoms with Crippen LogP contribution in [0.25, 0.3) is 0 Å². The average molecular weight is 226 g/mol. The van der Waals surface area contributed by atoms with Gasteiger partial charge in [0, 0.05) is 6.04 Å². The van der Waals surface area contributed by atoms with Gasteiger partial charge in [0.15, 0.2) is 11.6 Å². The Morgan fingerprint density at radius 1 is 1.38 bits per heavy atom. The standard InChI is InChI=1S/C11H12F2N2O/c12-8-2-1-3-9(11(8)13)15-10(16)6-14-7-4-5-7/h1-3,7,14H,4-6H2,(H,15,16). The van der Waals surface area contributed by atoms with Crippen molar-refractivity contribution in [3.63, 3.8) is 0 Å². The fourth-order valence-corrected chi connectivity index (χ4v) is 1.32. The predicted molar refractivity (Wildman–Crippen MR) is 56.0 cm³/mol. The number of benzene rings is 1. The molecule has 5 heteroatoms. The van der Waals surface area contributed by atoms with Gasteiger partial charge in [-0.15, -0.1) is 0 Å².